The Kier molecular flexibility index (Phi) is 2.57. The normalized spacial score (nSPS) is 22.1. The molecular weight excluding hydrogens is 148 g/mol. The van der Waals surface area contributed by atoms with Gasteiger partial charge in [0.2, 0.25) is 0 Å². The highest BCUT2D eigenvalue weighted by molar-refractivity contribution is 5.74. The van der Waals surface area contributed by atoms with Crippen molar-refractivity contribution in [2.45, 2.75) is 46.7 Å². The van der Waals surface area contributed by atoms with Crippen LogP contribution in [0.3, 0.4) is 0 Å². The van der Waals surface area contributed by atoms with Crippen LogP contribution >= 0.6 is 0 Å². The minimum atomic E-state index is 0.663. The molecule has 0 saturated heterocycles. The lowest BCUT2D eigenvalue weighted by Gasteiger charge is -2.41. The van der Waals surface area contributed by atoms with Gasteiger partial charge < -0.3 is 0 Å². The lowest BCUT2D eigenvalue weighted by molar-refractivity contribution is -0.878. The molecule has 1 rings (SSSR count). The van der Waals surface area contributed by atoms with E-state index in [1.165, 1.54) is 12.4 Å². The van der Waals surface area contributed by atoms with Crippen molar-refractivity contribution in [3.8, 4) is 0 Å². The van der Waals surface area contributed by atoms with Crippen LogP contribution in [0.25, 0.3) is 0 Å². The molecule has 0 saturated carbocycles. The van der Waals surface area contributed by atoms with Crippen LogP contribution in [0.2, 0.25) is 0 Å². The Morgan fingerprint density at radius 2 is 1.67 bits per heavy atom. The van der Waals surface area contributed by atoms with E-state index in [-0.39, 0.29) is 0 Å². The van der Waals surface area contributed by atoms with Crippen LogP contribution in [0.5, 0.6) is 0 Å². The highest BCUT2D eigenvalue weighted by atomic mass is 15.5. The second kappa shape index (κ2) is 3.17. The Bertz CT molecular complexity index is 184. The van der Waals surface area contributed by atoms with Gasteiger partial charge in [0.15, 0.2) is 5.84 Å². The van der Waals surface area contributed by atoms with Crippen molar-refractivity contribution < 1.29 is 4.48 Å². The summed E-state index contributed by atoms with van der Waals surface area (Å²) in [4.78, 5) is 4.52. The molecule has 0 N–H and O–H groups in total. The lowest BCUT2D eigenvalue weighted by Crippen LogP contribution is -2.59. The molecule has 2 nitrogen and oxygen atoms in total. The third-order valence-corrected chi connectivity index (χ3v) is 3.26. The van der Waals surface area contributed by atoms with E-state index in [2.05, 4.69) is 39.6 Å². The smallest absolute Gasteiger partial charge is 0.195 e. The zero-order valence-electron chi connectivity index (χ0n) is 8.96. The third-order valence-electron chi connectivity index (χ3n) is 3.26. The first-order valence-corrected chi connectivity index (χ1v) is 4.91. The van der Waals surface area contributed by atoms with Gasteiger partial charge in [-0.05, 0) is 27.7 Å². The van der Waals surface area contributed by atoms with Crippen LogP contribution in [0.1, 0.15) is 34.6 Å². The monoisotopic (exact) mass is 169 g/mol. The predicted octanol–water partition coefficient (Wildman–Crippen LogP) is 2.05. The molecule has 0 atom stereocenters. The van der Waals surface area contributed by atoms with Crippen molar-refractivity contribution in [2.75, 3.05) is 13.1 Å². The van der Waals surface area contributed by atoms with Gasteiger partial charge >= 0.3 is 0 Å². The Hall–Kier alpha value is -0.370. The summed E-state index contributed by atoms with van der Waals surface area (Å²) in [5.41, 5.74) is 0. The first-order valence-electron chi connectivity index (χ1n) is 4.91. The molecule has 0 amide bonds. The SMILES string of the molecule is CC1=NCC[N+]1(C(C)C)C(C)C. The number of rotatable bonds is 2. The number of aliphatic imine (C=N–C) groups is 1. The first-order chi connectivity index (χ1) is 5.51. The number of hydrogen-bond acceptors (Lipinski definition) is 1. The Balaban J connectivity index is 2.96. The van der Waals surface area contributed by atoms with Crippen molar-refractivity contribution in [3.63, 3.8) is 0 Å². The number of nitrogens with zero attached hydrogens (tertiary/aromatic N) is 2. The molecule has 0 radical (unpaired) electrons. The zero-order valence-corrected chi connectivity index (χ0v) is 8.96. The van der Waals surface area contributed by atoms with Crippen molar-refractivity contribution in [1.82, 2.24) is 0 Å². The topological polar surface area (TPSA) is 12.4 Å². The largest absolute Gasteiger partial charge is 0.274 e. The summed E-state index contributed by atoms with van der Waals surface area (Å²) in [5.74, 6) is 1.32. The summed E-state index contributed by atoms with van der Waals surface area (Å²) in [6.07, 6.45) is 0. The van der Waals surface area contributed by atoms with Gasteiger partial charge in [-0.15, -0.1) is 0 Å². The summed E-state index contributed by atoms with van der Waals surface area (Å²) in [6.45, 7) is 13.6. The van der Waals surface area contributed by atoms with Gasteiger partial charge in [0.25, 0.3) is 0 Å². The van der Waals surface area contributed by atoms with E-state index in [1.54, 1.807) is 0 Å². The Morgan fingerprint density at radius 1 is 1.17 bits per heavy atom. The van der Waals surface area contributed by atoms with E-state index in [0.717, 1.165) is 11.0 Å². The van der Waals surface area contributed by atoms with Crippen molar-refractivity contribution >= 4 is 5.84 Å². The van der Waals surface area contributed by atoms with E-state index in [1.807, 2.05) is 0 Å². The van der Waals surface area contributed by atoms with Gasteiger partial charge in [-0.2, -0.15) is 0 Å². The van der Waals surface area contributed by atoms with E-state index >= 15 is 0 Å². The minimum absolute atomic E-state index is 0.663. The second-order valence-electron chi connectivity index (χ2n) is 4.27. The zero-order chi connectivity index (χ0) is 9.35. The van der Waals surface area contributed by atoms with E-state index in [9.17, 15) is 0 Å². The molecule has 1 heterocycles. The van der Waals surface area contributed by atoms with Crippen molar-refractivity contribution in [3.05, 3.63) is 0 Å². The van der Waals surface area contributed by atoms with Gasteiger partial charge in [-0.3, -0.25) is 4.48 Å². The molecule has 0 bridgehead atoms. The number of amidine groups is 1. The van der Waals surface area contributed by atoms with Crippen LogP contribution in [-0.2, 0) is 0 Å². The molecule has 0 aromatic rings. The molecule has 0 unspecified atom stereocenters. The molecule has 0 fully saturated rings. The van der Waals surface area contributed by atoms with Gasteiger partial charge in [-0.25, -0.2) is 4.99 Å². The quantitative estimate of drug-likeness (QED) is 0.561. The fraction of sp³-hybridized carbons (Fsp3) is 0.900. The van der Waals surface area contributed by atoms with E-state index in [0.29, 0.717) is 12.1 Å². The molecule has 12 heavy (non-hydrogen) atoms. The van der Waals surface area contributed by atoms with Crippen LogP contribution < -0.4 is 0 Å². The average molecular weight is 169 g/mol. The standard InChI is InChI=1S/C10H21N2/c1-8(2)12(9(3)4)7-6-11-10(12)5/h8-9H,6-7H2,1-5H3/q+1. The lowest BCUT2D eigenvalue weighted by atomic mass is 10.1. The molecule has 1 aliphatic heterocycles. The molecule has 0 aliphatic carbocycles. The summed E-state index contributed by atoms with van der Waals surface area (Å²) < 4.78 is 1.10. The average Bonchev–Trinajstić information content (AvgIpc) is 2.31. The van der Waals surface area contributed by atoms with Crippen LogP contribution in [0.4, 0.5) is 0 Å². The van der Waals surface area contributed by atoms with Crippen molar-refractivity contribution in [1.29, 1.82) is 0 Å². The van der Waals surface area contributed by atoms with Gasteiger partial charge in [0, 0.05) is 6.92 Å². The second-order valence-corrected chi connectivity index (χ2v) is 4.27. The number of quaternary nitrogens is 1. The van der Waals surface area contributed by atoms with Crippen LogP contribution in [0.15, 0.2) is 4.99 Å². The molecule has 0 aromatic carbocycles. The van der Waals surface area contributed by atoms with Crippen LogP contribution in [-0.4, -0.2) is 35.5 Å². The van der Waals surface area contributed by atoms with E-state index in [4.69, 9.17) is 0 Å². The van der Waals surface area contributed by atoms with Gasteiger partial charge in [0.1, 0.15) is 6.54 Å². The maximum atomic E-state index is 4.52. The summed E-state index contributed by atoms with van der Waals surface area (Å²) >= 11 is 0. The maximum Gasteiger partial charge on any atom is 0.195 e. The fourth-order valence-electron chi connectivity index (χ4n) is 2.53. The summed E-state index contributed by atoms with van der Waals surface area (Å²) in [7, 11) is 0. The fourth-order valence-corrected chi connectivity index (χ4v) is 2.53. The summed E-state index contributed by atoms with van der Waals surface area (Å²) in [5, 5.41) is 0. The molecule has 0 spiro atoms. The third kappa shape index (κ3) is 1.18. The predicted molar refractivity (Wildman–Crippen MR) is 53.4 cm³/mol. The molecule has 2 heteroatoms. The Labute approximate surface area is 75.9 Å². The molecule has 70 valence electrons. The van der Waals surface area contributed by atoms with Gasteiger partial charge in [0.05, 0.1) is 18.6 Å². The minimum Gasteiger partial charge on any atom is -0.274 e. The first kappa shape index (κ1) is 9.72. The summed E-state index contributed by atoms with van der Waals surface area (Å²) in [6, 6.07) is 1.33. The number of hydrogen-bond donors (Lipinski definition) is 0. The molecular formula is C10H21N2+. The Morgan fingerprint density at radius 3 is 1.83 bits per heavy atom. The highest BCUT2D eigenvalue weighted by Crippen LogP contribution is 2.24. The van der Waals surface area contributed by atoms with E-state index < -0.39 is 0 Å². The van der Waals surface area contributed by atoms with Crippen molar-refractivity contribution in [2.24, 2.45) is 4.99 Å². The molecule has 0 aromatic heterocycles. The van der Waals surface area contributed by atoms with Crippen LogP contribution in [0, 0.1) is 0 Å². The maximum absolute atomic E-state index is 4.52. The highest BCUT2D eigenvalue weighted by Gasteiger charge is 2.40. The van der Waals surface area contributed by atoms with Gasteiger partial charge in [-0.1, -0.05) is 0 Å². The molecule has 1 aliphatic rings.